The van der Waals surface area contributed by atoms with E-state index in [1.54, 1.807) is 19.3 Å². The number of rotatable bonds is 4. The maximum atomic E-state index is 11.7. The lowest BCUT2D eigenvalue weighted by Crippen LogP contribution is -2.24. The van der Waals surface area contributed by atoms with Crippen LogP contribution in [0.3, 0.4) is 0 Å². The first-order valence-corrected chi connectivity index (χ1v) is 5.37. The molecule has 5 heteroatoms. The van der Waals surface area contributed by atoms with Crippen molar-refractivity contribution in [2.75, 3.05) is 0 Å². The van der Waals surface area contributed by atoms with Crippen molar-refractivity contribution < 1.29 is 13.7 Å². The van der Waals surface area contributed by atoms with E-state index in [1.807, 2.05) is 13.0 Å². The van der Waals surface area contributed by atoms with Gasteiger partial charge < -0.3 is 14.3 Å². The van der Waals surface area contributed by atoms with Crippen molar-refractivity contribution in [3.63, 3.8) is 0 Å². The van der Waals surface area contributed by atoms with Crippen molar-refractivity contribution in [2.45, 2.75) is 26.8 Å². The molecule has 1 amide bonds. The summed E-state index contributed by atoms with van der Waals surface area (Å²) in [6.45, 7) is 4.02. The third-order valence-electron chi connectivity index (χ3n) is 2.56. The minimum absolute atomic E-state index is 0.0733. The number of furan rings is 1. The lowest BCUT2D eigenvalue weighted by atomic mass is 10.1. The van der Waals surface area contributed by atoms with E-state index in [0.29, 0.717) is 12.3 Å². The first-order valence-electron chi connectivity index (χ1n) is 5.37. The number of nitrogens with one attached hydrogen (secondary N) is 1. The minimum atomic E-state index is -0.0733. The summed E-state index contributed by atoms with van der Waals surface area (Å²) in [5, 5.41) is 6.58. The molecular weight excluding hydrogens is 220 g/mol. The summed E-state index contributed by atoms with van der Waals surface area (Å²) in [5.74, 6) is 1.35. The molecule has 2 aromatic heterocycles. The Morgan fingerprint density at radius 2 is 2.29 bits per heavy atom. The average Bonchev–Trinajstić information content (AvgIpc) is 2.91. The molecule has 0 atom stereocenters. The zero-order valence-corrected chi connectivity index (χ0v) is 9.82. The molecule has 17 heavy (non-hydrogen) atoms. The molecule has 2 rings (SSSR count). The SMILES string of the molecule is Cc1noc(C)c1CC(=O)NCc1ccco1. The third-order valence-corrected chi connectivity index (χ3v) is 2.56. The number of hydrogen-bond donors (Lipinski definition) is 1. The van der Waals surface area contributed by atoms with Crippen LogP contribution in [-0.4, -0.2) is 11.1 Å². The second-order valence-electron chi connectivity index (χ2n) is 3.84. The summed E-state index contributed by atoms with van der Waals surface area (Å²) >= 11 is 0. The van der Waals surface area contributed by atoms with E-state index in [9.17, 15) is 4.79 Å². The number of aryl methyl sites for hydroxylation is 2. The van der Waals surface area contributed by atoms with Gasteiger partial charge in [0.25, 0.3) is 0 Å². The topological polar surface area (TPSA) is 68.3 Å². The van der Waals surface area contributed by atoms with E-state index in [-0.39, 0.29) is 12.3 Å². The predicted molar refractivity (Wildman–Crippen MR) is 60.2 cm³/mol. The van der Waals surface area contributed by atoms with E-state index in [4.69, 9.17) is 8.94 Å². The van der Waals surface area contributed by atoms with Crippen LogP contribution in [0.2, 0.25) is 0 Å². The Kier molecular flexibility index (Phi) is 3.27. The van der Waals surface area contributed by atoms with Gasteiger partial charge in [-0.1, -0.05) is 5.16 Å². The Morgan fingerprint density at radius 3 is 2.88 bits per heavy atom. The molecule has 0 radical (unpaired) electrons. The molecule has 2 heterocycles. The summed E-state index contributed by atoms with van der Waals surface area (Å²) in [6.07, 6.45) is 1.86. The zero-order chi connectivity index (χ0) is 12.3. The summed E-state index contributed by atoms with van der Waals surface area (Å²) in [4.78, 5) is 11.7. The van der Waals surface area contributed by atoms with Crippen LogP contribution in [0.15, 0.2) is 27.3 Å². The van der Waals surface area contributed by atoms with Crippen molar-refractivity contribution >= 4 is 5.91 Å². The zero-order valence-electron chi connectivity index (χ0n) is 9.82. The highest BCUT2D eigenvalue weighted by atomic mass is 16.5. The lowest BCUT2D eigenvalue weighted by Gasteiger charge is -2.02. The smallest absolute Gasteiger partial charge is 0.225 e. The maximum absolute atomic E-state index is 11.7. The fourth-order valence-electron chi connectivity index (χ4n) is 1.58. The van der Waals surface area contributed by atoms with Crippen LogP contribution in [0.25, 0.3) is 0 Å². The fourth-order valence-corrected chi connectivity index (χ4v) is 1.58. The summed E-state index contributed by atoms with van der Waals surface area (Å²) < 4.78 is 10.1. The maximum Gasteiger partial charge on any atom is 0.225 e. The summed E-state index contributed by atoms with van der Waals surface area (Å²) in [6, 6.07) is 3.60. The van der Waals surface area contributed by atoms with E-state index < -0.39 is 0 Å². The predicted octanol–water partition coefficient (Wildman–Crippen LogP) is 1.74. The van der Waals surface area contributed by atoms with Gasteiger partial charge in [-0.3, -0.25) is 4.79 Å². The second-order valence-corrected chi connectivity index (χ2v) is 3.84. The molecule has 0 aromatic carbocycles. The van der Waals surface area contributed by atoms with Gasteiger partial charge in [-0.15, -0.1) is 0 Å². The molecule has 0 aliphatic carbocycles. The second kappa shape index (κ2) is 4.86. The highest BCUT2D eigenvalue weighted by Gasteiger charge is 2.13. The van der Waals surface area contributed by atoms with Gasteiger partial charge in [-0.05, 0) is 26.0 Å². The number of amides is 1. The molecule has 0 unspecified atom stereocenters. The largest absolute Gasteiger partial charge is 0.467 e. The molecule has 0 bridgehead atoms. The molecule has 0 saturated heterocycles. The molecule has 90 valence electrons. The van der Waals surface area contributed by atoms with Crippen LogP contribution in [0.1, 0.15) is 22.8 Å². The molecule has 0 spiro atoms. The third kappa shape index (κ3) is 2.75. The first kappa shape index (κ1) is 11.4. The van der Waals surface area contributed by atoms with Gasteiger partial charge in [0.2, 0.25) is 5.91 Å². The minimum Gasteiger partial charge on any atom is -0.467 e. The van der Waals surface area contributed by atoms with E-state index >= 15 is 0 Å². The van der Waals surface area contributed by atoms with Crippen LogP contribution in [-0.2, 0) is 17.8 Å². The number of hydrogen-bond acceptors (Lipinski definition) is 4. The Balaban J connectivity index is 1.89. The van der Waals surface area contributed by atoms with Crippen molar-refractivity contribution in [2.24, 2.45) is 0 Å². The number of nitrogens with zero attached hydrogens (tertiary/aromatic N) is 1. The monoisotopic (exact) mass is 234 g/mol. The molecular formula is C12H14N2O3. The van der Waals surface area contributed by atoms with Gasteiger partial charge in [0.05, 0.1) is 24.9 Å². The van der Waals surface area contributed by atoms with Crippen LogP contribution in [0.5, 0.6) is 0 Å². The Morgan fingerprint density at radius 1 is 1.47 bits per heavy atom. The Bertz CT molecular complexity index is 480. The number of carbonyl (C=O) groups excluding carboxylic acids is 1. The van der Waals surface area contributed by atoms with Gasteiger partial charge in [-0.25, -0.2) is 0 Å². The average molecular weight is 234 g/mol. The van der Waals surface area contributed by atoms with Crippen LogP contribution in [0, 0.1) is 13.8 Å². The van der Waals surface area contributed by atoms with Crippen LogP contribution in [0.4, 0.5) is 0 Å². The molecule has 5 nitrogen and oxygen atoms in total. The standard InChI is InChI=1S/C12H14N2O3/c1-8-11(9(2)17-14-8)6-12(15)13-7-10-4-3-5-16-10/h3-5H,6-7H2,1-2H3,(H,13,15). The van der Waals surface area contributed by atoms with Gasteiger partial charge in [-0.2, -0.15) is 0 Å². The van der Waals surface area contributed by atoms with Gasteiger partial charge in [0.1, 0.15) is 11.5 Å². The molecule has 0 aliphatic heterocycles. The van der Waals surface area contributed by atoms with E-state index in [1.165, 1.54) is 0 Å². The molecule has 0 aliphatic rings. The van der Waals surface area contributed by atoms with Crippen molar-refractivity contribution in [1.29, 1.82) is 0 Å². The quantitative estimate of drug-likeness (QED) is 0.874. The first-order chi connectivity index (χ1) is 8.16. The van der Waals surface area contributed by atoms with Gasteiger partial charge in [0.15, 0.2) is 0 Å². The summed E-state index contributed by atoms with van der Waals surface area (Å²) in [5.41, 5.74) is 1.61. The van der Waals surface area contributed by atoms with E-state index in [2.05, 4.69) is 10.5 Å². The van der Waals surface area contributed by atoms with Crippen LogP contribution < -0.4 is 5.32 Å². The highest BCUT2D eigenvalue weighted by molar-refractivity contribution is 5.78. The van der Waals surface area contributed by atoms with Gasteiger partial charge >= 0.3 is 0 Å². The molecule has 1 N–H and O–H groups in total. The Hall–Kier alpha value is -2.04. The van der Waals surface area contributed by atoms with Crippen molar-refractivity contribution in [3.8, 4) is 0 Å². The molecule has 0 fully saturated rings. The lowest BCUT2D eigenvalue weighted by molar-refractivity contribution is -0.120. The number of carbonyl (C=O) groups is 1. The normalized spacial score (nSPS) is 10.5. The van der Waals surface area contributed by atoms with Gasteiger partial charge in [0, 0.05) is 5.56 Å². The Labute approximate surface area is 98.8 Å². The molecule has 0 saturated carbocycles. The van der Waals surface area contributed by atoms with Crippen molar-refractivity contribution in [3.05, 3.63) is 41.2 Å². The highest BCUT2D eigenvalue weighted by Crippen LogP contribution is 2.12. The summed E-state index contributed by atoms with van der Waals surface area (Å²) in [7, 11) is 0. The molecule has 2 aromatic rings. The number of aromatic nitrogens is 1. The van der Waals surface area contributed by atoms with E-state index in [0.717, 1.165) is 17.0 Å². The van der Waals surface area contributed by atoms with Crippen LogP contribution >= 0.6 is 0 Å². The van der Waals surface area contributed by atoms with Crippen molar-refractivity contribution in [1.82, 2.24) is 10.5 Å². The fraction of sp³-hybridized carbons (Fsp3) is 0.333.